The summed E-state index contributed by atoms with van der Waals surface area (Å²) in [6, 6.07) is 4.08. The number of carbonyl (C=O) groups excluding carboxylic acids is 1. The smallest absolute Gasteiger partial charge is 0.260 e. The molecule has 0 aliphatic carbocycles. The molecule has 0 aromatic heterocycles. The summed E-state index contributed by atoms with van der Waals surface area (Å²) in [6.07, 6.45) is 1.65. The van der Waals surface area contributed by atoms with E-state index in [0.29, 0.717) is 29.2 Å². The SMILES string of the molecule is O=C(COc1ccc(F)cc1Br)N1CCC(CCO)C1. The summed E-state index contributed by atoms with van der Waals surface area (Å²) >= 11 is 3.19. The van der Waals surface area contributed by atoms with Gasteiger partial charge in [0.25, 0.3) is 5.91 Å². The number of hydrogen-bond acceptors (Lipinski definition) is 3. The second-order valence-corrected chi connectivity index (χ2v) is 5.72. The molecule has 110 valence electrons. The number of rotatable bonds is 5. The average molecular weight is 346 g/mol. The van der Waals surface area contributed by atoms with Crippen molar-refractivity contribution in [2.75, 3.05) is 26.3 Å². The third kappa shape index (κ3) is 3.93. The molecule has 4 nitrogen and oxygen atoms in total. The molecule has 1 aliphatic heterocycles. The summed E-state index contributed by atoms with van der Waals surface area (Å²) < 4.78 is 18.8. The predicted octanol–water partition coefficient (Wildman–Crippen LogP) is 2.20. The zero-order chi connectivity index (χ0) is 14.5. The molecule has 1 atom stereocenters. The van der Waals surface area contributed by atoms with Gasteiger partial charge >= 0.3 is 0 Å². The molecule has 1 amide bonds. The van der Waals surface area contributed by atoms with Crippen molar-refractivity contribution < 1.29 is 19.0 Å². The second-order valence-electron chi connectivity index (χ2n) is 4.87. The Morgan fingerprint density at radius 1 is 1.55 bits per heavy atom. The number of halogens is 2. The van der Waals surface area contributed by atoms with Crippen molar-refractivity contribution in [3.05, 3.63) is 28.5 Å². The van der Waals surface area contributed by atoms with E-state index in [-0.39, 0.29) is 24.9 Å². The molecule has 1 aromatic rings. The summed E-state index contributed by atoms with van der Waals surface area (Å²) in [4.78, 5) is 13.7. The van der Waals surface area contributed by atoms with Gasteiger partial charge in [0.05, 0.1) is 4.47 Å². The van der Waals surface area contributed by atoms with Crippen LogP contribution in [0.5, 0.6) is 5.75 Å². The highest BCUT2D eigenvalue weighted by Gasteiger charge is 2.25. The number of nitrogens with zero attached hydrogens (tertiary/aromatic N) is 1. The van der Waals surface area contributed by atoms with Crippen LogP contribution in [0.15, 0.2) is 22.7 Å². The number of benzene rings is 1. The minimum absolute atomic E-state index is 0.0594. The molecule has 6 heteroatoms. The molecule has 1 aliphatic rings. The van der Waals surface area contributed by atoms with Crippen molar-refractivity contribution in [1.82, 2.24) is 4.90 Å². The maximum absolute atomic E-state index is 12.9. The number of aliphatic hydroxyl groups is 1. The first-order chi connectivity index (χ1) is 9.60. The molecule has 1 saturated heterocycles. The molecule has 20 heavy (non-hydrogen) atoms. The van der Waals surface area contributed by atoms with Gasteiger partial charge in [0.15, 0.2) is 6.61 Å². The zero-order valence-electron chi connectivity index (χ0n) is 11.0. The summed E-state index contributed by atoms with van der Waals surface area (Å²) in [7, 11) is 0. The standard InChI is InChI=1S/C14H17BrFNO3/c15-12-7-11(16)1-2-13(12)20-9-14(19)17-5-3-10(8-17)4-6-18/h1-2,7,10,18H,3-6,8-9H2. The van der Waals surface area contributed by atoms with Gasteiger partial charge in [0, 0.05) is 19.7 Å². The van der Waals surface area contributed by atoms with Crippen molar-refractivity contribution in [3.63, 3.8) is 0 Å². The van der Waals surface area contributed by atoms with Gasteiger partial charge in [-0.25, -0.2) is 4.39 Å². The summed E-state index contributed by atoms with van der Waals surface area (Å²) in [5, 5.41) is 8.89. The lowest BCUT2D eigenvalue weighted by Gasteiger charge is -2.17. The van der Waals surface area contributed by atoms with E-state index < -0.39 is 0 Å². The van der Waals surface area contributed by atoms with Crippen LogP contribution in [0.3, 0.4) is 0 Å². The van der Waals surface area contributed by atoms with E-state index >= 15 is 0 Å². The van der Waals surface area contributed by atoms with Gasteiger partial charge < -0.3 is 14.7 Å². The summed E-state index contributed by atoms with van der Waals surface area (Å²) in [5.74, 6) is 0.385. The Balaban J connectivity index is 1.83. The molecule has 0 saturated carbocycles. The highest BCUT2D eigenvalue weighted by Crippen LogP contribution is 2.26. The van der Waals surface area contributed by atoms with E-state index in [1.54, 1.807) is 4.90 Å². The average Bonchev–Trinajstić information content (AvgIpc) is 2.86. The van der Waals surface area contributed by atoms with Gasteiger partial charge in [-0.2, -0.15) is 0 Å². The first-order valence-corrected chi connectivity index (χ1v) is 7.36. The third-order valence-electron chi connectivity index (χ3n) is 3.42. The Morgan fingerprint density at radius 3 is 3.05 bits per heavy atom. The van der Waals surface area contributed by atoms with E-state index in [9.17, 15) is 9.18 Å². The van der Waals surface area contributed by atoms with Crippen LogP contribution in [0.4, 0.5) is 4.39 Å². The Bertz CT molecular complexity index is 483. The van der Waals surface area contributed by atoms with Crippen LogP contribution in [0, 0.1) is 11.7 Å². The maximum atomic E-state index is 12.9. The number of aliphatic hydroxyl groups excluding tert-OH is 1. The van der Waals surface area contributed by atoms with Crippen LogP contribution in [0.1, 0.15) is 12.8 Å². The number of amides is 1. The quantitative estimate of drug-likeness (QED) is 0.889. The predicted molar refractivity (Wildman–Crippen MR) is 76.0 cm³/mol. The highest BCUT2D eigenvalue weighted by atomic mass is 79.9. The fourth-order valence-corrected chi connectivity index (χ4v) is 2.77. The van der Waals surface area contributed by atoms with Crippen molar-refractivity contribution in [2.45, 2.75) is 12.8 Å². The van der Waals surface area contributed by atoms with Gasteiger partial charge in [-0.15, -0.1) is 0 Å². The Kier molecular flexibility index (Phi) is 5.37. The lowest BCUT2D eigenvalue weighted by atomic mass is 10.1. The normalized spacial score (nSPS) is 18.4. The van der Waals surface area contributed by atoms with Crippen LogP contribution >= 0.6 is 15.9 Å². The first kappa shape index (κ1) is 15.3. The molecule has 2 rings (SSSR count). The molecule has 1 N–H and O–H groups in total. The van der Waals surface area contributed by atoms with Crippen LogP contribution in [-0.2, 0) is 4.79 Å². The van der Waals surface area contributed by atoms with E-state index in [1.165, 1.54) is 18.2 Å². The van der Waals surface area contributed by atoms with Crippen molar-refractivity contribution in [2.24, 2.45) is 5.92 Å². The van der Waals surface area contributed by atoms with Gasteiger partial charge in [-0.05, 0) is 52.9 Å². The maximum Gasteiger partial charge on any atom is 0.260 e. The lowest BCUT2D eigenvalue weighted by molar-refractivity contribution is -0.132. The third-order valence-corrected chi connectivity index (χ3v) is 4.04. The zero-order valence-corrected chi connectivity index (χ0v) is 12.6. The molecule has 0 radical (unpaired) electrons. The van der Waals surface area contributed by atoms with Crippen molar-refractivity contribution in [1.29, 1.82) is 0 Å². The van der Waals surface area contributed by atoms with E-state index in [0.717, 1.165) is 12.8 Å². The lowest BCUT2D eigenvalue weighted by Crippen LogP contribution is -2.33. The number of likely N-dealkylation sites (tertiary alicyclic amines) is 1. The second kappa shape index (κ2) is 7.04. The van der Waals surface area contributed by atoms with Crippen LogP contribution in [-0.4, -0.2) is 42.2 Å². The summed E-state index contributed by atoms with van der Waals surface area (Å²) in [5.41, 5.74) is 0. The van der Waals surface area contributed by atoms with Gasteiger partial charge in [-0.1, -0.05) is 0 Å². The van der Waals surface area contributed by atoms with Crippen molar-refractivity contribution in [3.8, 4) is 5.75 Å². The minimum atomic E-state index is -0.359. The fourth-order valence-electron chi connectivity index (χ4n) is 2.30. The van der Waals surface area contributed by atoms with E-state index in [2.05, 4.69) is 15.9 Å². The molecule has 1 unspecified atom stereocenters. The Morgan fingerprint density at radius 2 is 2.35 bits per heavy atom. The highest BCUT2D eigenvalue weighted by molar-refractivity contribution is 9.10. The van der Waals surface area contributed by atoms with Crippen molar-refractivity contribution >= 4 is 21.8 Å². The largest absolute Gasteiger partial charge is 0.483 e. The van der Waals surface area contributed by atoms with E-state index in [4.69, 9.17) is 9.84 Å². The Labute approximate surface area is 125 Å². The van der Waals surface area contributed by atoms with Gasteiger partial charge in [-0.3, -0.25) is 4.79 Å². The van der Waals surface area contributed by atoms with Crippen LogP contribution < -0.4 is 4.74 Å². The molecule has 0 bridgehead atoms. The van der Waals surface area contributed by atoms with E-state index in [1.807, 2.05) is 0 Å². The first-order valence-electron chi connectivity index (χ1n) is 6.56. The molecular formula is C14H17BrFNO3. The van der Waals surface area contributed by atoms with Gasteiger partial charge in [0.2, 0.25) is 0 Å². The number of hydrogen-bond donors (Lipinski definition) is 1. The molecular weight excluding hydrogens is 329 g/mol. The van der Waals surface area contributed by atoms with Gasteiger partial charge in [0.1, 0.15) is 11.6 Å². The van der Waals surface area contributed by atoms with Crippen LogP contribution in [0.25, 0.3) is 0 Å². The van der Waals surface area contributed by atoms with Crippen LogP contribution in [0.2, 0.25) is 0 Å². The molecule has 0 spiro atoms. The summed E-state index contributed by atoms with van der Waals surface area (Å²) in [6.45, 7) is 1.48. The number of ether oxygens (including phenoxy) is 1. The Hall–Kier alpha value is -1.14. The molecule has 1 heterocycles. The number of carbonyl (C=O) groups is 1. The topological polar surface area (TPSA) is 49.8 Å². The molecule has 1 fully saturated rings. The monoisotopic (exact) mass is 345 g/mol. The minimum Gasteiger partial charge on any atom is -0.483 e. The fraction of sp³-hybridized carbons (Fsp3) is 0.500. The molecule has 1 aromatic carbocycles.